The van der Waals surface area contributed by atoms with Crippen molar-refractivity contribution >= 4 is 34.4 Å². The fourth-order valence-corrected chi connectivity index (χ4v) is 5.86. The Balaban J connectivity index is 1.74. The number of hydrogen-bond acceptors (Lipinski definition) is 6. The molecular weight excluding hydrogens is 433 g/mol. The number of nitro groups is 1. The van der Waals surface area contributed by atoms with Crippen molar-refractivity contribution < 1.29 is 18.9 Å². The van der Waals surface area contributed by atoms with Crippen molar-refractivity contribution in [3.8, 4) is 0 Å². The Bertz CT molecular complexity index is 1260. The van der Waals surface area contributed by atoms with Gasteiger partial charge in [0.1, 0.15) is 11.4 Å². The van der Waals surface area contributed by atoms with Gasteiger partial charge < -0.3 is 5.32 Å². The average molecular weight is 451 g/mol. The maximum absolute atomic E-state index is 14.3. The van der Waals surface area contributed by atoms with Crippen LogP contribution in [-0.4, -0.2) is 35.1 Å². The number of likely N-dealkylation sites (N-methyl/N-ethyl adjacent to an activating group) is 1. The molecule has 3 aromatic rings. The van der Waals surface area contributed by atoms with Crippen LogP contribution in [0.3, 0.4) is 0 Å². The molecule has 3 heterocycles. The summed E-state index contributed by atoms with van der Waals surface area (Å²) in [6.07, 6.45) is 0. The van der Waals surface area contributed by atoms with Gasteiger partial charge in [-0.05, 0) is 42.3 Å². The fraction of sp³-hybridized carbons (Fsp3) is 0.217. The van der Waals surface area contributed by atoms with Crippen LogP contribution in [0.15, 0.2) is 60.0 Å². The van der Waals surface area contributed by atoms with E-state index in [1.807, 2.05) is 0 Å². The van der Waals surface area contributed by atoms with Crippen LogP contribution < -0.4 is 5.32 Å². The lowest BCUT2D eigenvalue weighted by Crippen LogP contribution is -2.51. The maximum Gasteiger partial charge on any atom is 0.269 e. The first-order valence-corrected chi connectivity index (χ1v) is 10.9. The number of halogens is 1. The minimum Gasteiger partial charge on any atom is -0.324 e. The second kappa shape index (κ2) is 7.32. The second-order valence-electron chi connectivity index (χ2n) is 8.07. The van der Waals surface area contributed by atoms with E-state index in [1.54, 1.807) is 41.6 Å². The van der Waals surface area contributed by atoms with E-state index in [-0.39, 0.29) is 11.5 Å². The Morgan fingerprint density at radius 2 is 2.06 bits per heavy atom. The van der Waals surface area contributed by atoms with E-state index in [9.17, 15) is 24.1 Å². The smallest absolute Gasteiger partial charge is 0.269 e. The lowest BCUT2D eigenvalue weighted by molar-refractivity contribution is -0.384. The predicted molar refractivity (Wildman–Crippen MR) is 117 cm³/mol. The standard InChI is InChI=1S/C23H18FN3O4S/c1-26-12-16(13-4-2-5-15(10-13)27(30)31)20(21(28)19-6-3-9-32-19)23(26)17-11-14(24)7-8-18(17)25-22(23)29/h2-11,16,20H,12H2,1H3,(H,25,29)/t16-,20-,23+/m1/s1. The van der Waals surface area contributed by atoms with Gasteiger partial charge in [0, 0.05) is 35.8 Å². The number of carbonyl (C=O) groups is 2. The van der Waals surface area contributed by atoms with Crippen molar-refractivity contribution in [1.82, 2.24) is 4.90 Å². The quantitative estimate of drug-likeness (QED) is 0.365. The molecule has 0 bridgehead atoms. The number of likely N-dealkylation sites (tertiary alicyclic amines) is 1. The molecule has 2 aliphatic rings. The molecule has 0 saturated carbocycles. The lowest BCUT2D eigenvalue weighted by atomic mass is 9.71. The van der Waals surface area contributed by atoms with E-state index in [4.69, 9.17) is 0 Å². The largest absolute Gasteiger partial charge is 0.324 e. The molecule has 1 saturated heterocycles. The molecule has 1 amide bonds. The Labute approximate surface area is 186 Å². The van der Waals surface area contributed by atoms with Crippen LogP contribution in [0.1, 0.15) is 26.7 Å². The lowest BCUT2D eigenvalue weighted by Gasteiger charge is -2.35. The van der Waals surface area contributed by atoms with Crippen molar-refractivity contribution in [3.05, 3.63) is 91.9 Å². The van der Waals surface area contributed by atoms with Crippen molar-refractivity contribution in [1.29, 1.82) is 0 Å². The van der Waals surface area contributed by atoms with Gasteiger partial charge >= 0.3 is 0 Å². The van der Waals surface area contributed by atoms with Crippen LogP contribution >= 0.6 is 11.3 Å². The van der Waals surface area contributed by atoms with Crippen LogP contribution in [0.2, 0.25) is 0 Å². The minimum absolute atomic E-state index is 0.0873. The van der Waals surface area contributed by atoms with Crippen molar-refractivity contribution in [2.45, 2.75) is 11.5 Å². The predicted octanol–water partition coefficient (Wildman–Crippen LogP) is 4.17. The Kier molecular flexibility index (Phi) is 4.68. The molecule has 1 N–H and O–H groups in total. The Morgan fingerprint density at radius 3 is 2.78 bits per heavy atom. The number of nitrogens with zero attached hydrogens (tertiary/aromatic N) is 2. The zero-order valence-electron chi connectivity index (χ0n) is 16.9. The molecular formula is C23H18FN3O4S. The SMILES string of the molecule is CN1C[C@H](c2cccc([N+](=O)[O-])c2)[C@H](C(=O)c2cccs2)[C@@]12C(=O)Nc1ccc(F)cc12. The third-order valence-corrected chi connectivity index (χ3v) is 7.35. The second-order valence-corrected chi connectivity index (χ2v) is 9.02. The highest BCUT2D eigenvalue weighted by molar-refractivity contribution is 7.12. The van der Waals surface area contributed by atoms with E-state index in [1.165, 1.54) is 41.7 Å². The first-order chi connectivity index (χ1) is 15.3. The molecule has 1 spiro atoms. The normalized spacial score (nSPS) is 24.5. The number of ketones is 1. The molecule has 0 unspecified atom stereocenters. The highest BCUT2D eigenvalue weighted by atomic mass is 32.1. The highest BCUT2D eigenvalue weighted by Crippen LogP contribution is 2.56. The molecule has 9 heteroatoms. The molecule has 5 rings (SSSR count). The summed E-state index contributed by atoms with van der Waals surface area (Å²) in [5.41, 5.74) is -0.0423. The van der Waals surface area contributed by atoms with Gasteiger partial charge in [-0.2, -0.15) is 0 Å². The number of non-ortho nitro benzene ring substituents is 1. The summed E-state index contributed by atoms with van der Waals surface area (Å²) in [6.45, 7) is 0.298. The van der Waals surface area contributed by atoms with Crippen molar-refractivity contribution in [3.63, 3.8) is 0 Å². The number of hydrogen-bond donors (Lipinski definition) is 1. The van der Waals surface area contributed by atoms with E-state index < -0.39 is 34.0 Å². The van der Waals surface area contributed by atoms with Gasteiger partial charge in [0.05, 0.1) is 15.7 Å². The topological polar surface area (TPSA) is 92.5 Å². The summed E-state index contributed by atoms with van der Waals surface area (Å²) < 4.78 is 14.3. The highest BCUT2D eigenvalue weighted by Gasteiger charge is 2.64. The third-order valence-electron chi connectivity index (χ3n) is 6.47. The number of benzene rings is 2. The van der Waals surface area contributed by atoms with Gasteiger partial charge in [-0.15, -0.1) is 11.3 Å². The number of amides is 1. The minimum atomic E-state index is -1.42. The van der Waals surface area contributed by atoms with Crippen molar-refractivity contribution in [2.24, 2.45) is 5.92 Å². The van der Waals surface area contributed by atoms with E-state index in [0.29, 0.717) is 28.2 Å². The number of nitrogens with one attached hydrogen (secondary N) is 1. The molecule has 0 radical (unpaired) electrons. The Hall–Kier alpha value is -3.43. The van der Waals surface area contributed by atoms with Crippen LogP contribution in [-0.2, 0) is 10.3 Å². The van der Waals surface area contributed by atoms with Gasteiger partial charge in [0.25, 0.3) is 5.69 Å². The molecule has 2 aliphatic heterocycles. The number of nitro benzene ring substituents is 1. The van der Waals surface area contributed by atoms with E-state index in [0.717, 1.165) is 0 Å². The average Bonchev–Trinajstić information content (AvgIpc) is 3.47. The first-order valence-electron chi connectivity index (χ1n) is 9.99. The van der Waals surface area contributed by atoms with Gasteiger partial charge in [-0.25, -0.2) is 4.39 Å². The van der Waals surface area contributed by atoms with E-state index >= 15 is 0 Å². The molecule has 7 nitrogen and oxygen atoms in total. The summed E-state index contributed by atoms with van der Waals surface area (Å²) in [7, 11) is 1.73. The molecule has 1 fully saturated rings. The first kappa shape index (κ1) is 20.5. The monoisotopic (exact) mass is 451 g/mol. The molecule has 1 aromatic heterocycles. The van der Waals surface area contributed by atoms with Crippen LogP contribution in [0.25, 0.3) is 0 Å². The number of fused-ring (bicyclic) bond motifs is 2. The van der Waals surface area contributed by atoms with Gasteiger partial charge in [0.2, 0.25) is 5.91 Å². The van der Waals surface area contributed by atoms with Crippen molar-refractivity contribution in [2.75, 3.05) is 18.9 Å². The van der Waals surface area contributed by atoms with Crippen LogP contribution in [0.4, 0.5) is 15.8 Å². The number of Topliss-reactive ketones (excluding diaryl/α,β-unsaturated/α-hetero) is 1. The third kappa shape index (κ3) is 2.81. The zero-order valence-corrected chi connectivity index (χ0v) is 17.8. The molecule has 32 heavy (non-hydrogen) atoms. The van der Waals surface area contributed by atoms with E-state index in [2.05, 4.69) is 5.32 Å². The Morgan fingerprint density at radius 1 is 1.25 bits per heavy atom. The fourth-order valence-electron chi connectivity index (χ4n) is 5.15. The van der Waals surface area contributed by atoms with Gasteiger partial charge in [-0.1, -0.05) is 18.2 Å². The maximum atomic E-state index is 14.3. The number of thiophene rings is 1. The number of rotatable bonds is 4. The van der Waals surface area contributed by atoms with Gasteiger partial charge in [-0.3, -0.25) is 24.6 Å². The number of anilines is 1. The molecule has 2 aromatic carbocycles. The molecule has 0 aliphatic carbocycles. The summed E-state index contributed by atoms with van der Waals surface area (Å²) in [5.74, 6) is -2.55. The molecule has 162 valence electrons. The summed E-state index contributed by atoms with van der Waals surface area (Å²) in [4.78, 5) is 40.4. The number of carbonyl (C=O) groups excluding carboxylic acids is 2. The van der Waals surface area contributed by atoms with Crippen LogP contribution in [0.5, 0.6) is 0 Å². The molecule has 3 atom stereocenters. The van der Waals surface area contributed by atoms with Crippen LogP contribution in [0, 0.1) is 21.8 Å². The summed E-state index contributed by atoms with van der Waals surface area (Å²) in [6, 6.07) is 13.7. The summed E-state index contributed by atoms with van der Waals surface area (Å²) in [5, 5.41) is 16.0. The van der Waals surface area contributed by atoms with Gasteiger partial charge in [0.15, 0.2) is 5.78 Å². The zero-order chi connectivity index (χ0) is 22.6. The summed E-state index contributed by atoms with van der Waals surface area (Å²) >= 11 is 1.27.